The molecule has 0 spiro atoms. The Morgan fingerprint density at radius 3 is 0.690 bits per heavy atom. The van der Waals surface area contributed by atoms with E-state index in [1.165, 1.54) is 179 Å². The van der Waals surface area contributed by atoms with Crippen molar-refractivity contribution in [3.05, 3.63) is 219 Å². The van der Waals surface area contributed by atoms with Crippen LogP contribution in [0.2, 0.25) is 0 Å². The molecule has 2 nitrogen and oxygen atoms in total. The molecule has 0 saturated carbocycles. The summed E-state index contributed by atoms with van der Waals surface area (Å²) in [6.07, 6.45) is 8.13. The van der Waals surface area contributed by atoms with Gasteiger partial charge in [0.05, 0.1) is 0 Å². The molecular weight excluding hydrogens is 904 g/mol. The van der Waals surface area contributed by atoms with Gasteiger partial charge in [0.2, 0.25) is 0 Å². The monoisotopic (exact) mass is 971 g/mol. The van der Waals surface area contributed by atoms with Gasteiger partial charge in [-0.1, -0.05) is 147 Å². The predicted molar refractivity (Wildman–Crippen MR) is 300 cm³/mol. The number of hydrogen-bond acceptors (Lipinski definition) is 0. The van der Waals surface area contributed by atoms with Gasteiger partial charge < -0.3 is 10.6 Å². The summed E-state index contributed by atoms with van der Waals surface area (Å²) in [7, 11) is 0. The van der Waals surface area contributed by atoms with Crippen LogP contribution in [0, 0.1) is 55.4 Å². The van der Waals surface area contributed by atoms with Gasteiger partial charge in [-0.3, -0.25) is 0 Å². The van der Waals surface area contributed by atoms with Crippen LogP contribution in [0.25, 0.3) is 55.1 Å². The van der Waals surface area contributed by atoms with Crippen LogP contribution in [0.5, 0.6) is 0 Å². The Morgan fingerprint density at radius 1 is 0.296 bits per heavy atom. The molecule has 0 heterocycles. The maximum absolute atomic E-state index is 5.62. The van der Waals surface area contributed by atoms with Crippen LogP contribution in [0.3, 0.4) is 0 Å². The first kappa shape index (κ1) is 48.5. The first-order chi connectivity index (χ1) is 33.9. The third kappa shape index (κ3) is 7.39. The van der Waals surface area contributed by atoms with Gasteiger partial charge in [0.15, 0.2) is 0 Å². The average Bonchev–Trinajstić information content (AvgIpc) is 4.16. The fraction of sp³-hybridized carbons (Fsp3) is 0.294. The van der Waals surface area contributed by atoms with Gasteiger partial charge in [-0.15, -0.1) is 22.7 Å². The third-order valence-corrected chi connectivity index (χ3v) is 17.5. The minimum absolute atomic E-state index is 0. The van der Waals surface area contributed by atoms with E-state index in [0.717, 1.165) is 51.4 Å². The van der Waals surface area contributed by atoms with Crippen molar-refractivity contribution in [2.24, 2.45) is 0 Å². The Labute approximate surface area is 435 Å². The van der Waals surface area contributed by atoms with Crippen LogP contribution in [0.1, 0.15) is 139 Å². The molecule has 0 N–H and O–H groups in total. The second-order valence-electron chi connectivity index (χ2n) is 20.7. The topological polar surface area (TPSA) is 28.2 Å². The molecule has 0 unspecified atom stereocenters. The van der Waals surface area contributed by atoms with Gasteiger partial charge in [0.25, 0.3) is 0 Å². The van der Waals surface area contributed by atoms with Gasteiger partial charge in [-0.25, -0.2) is 0 Å². The molecule has 3 heteroatoms. The molecule has 12 rings (SSSR count). The summed E-state index contributed by atoms with van der Waals surface area (Å²) < 4.78 is 0. The zero-order valence-corrected chi connectivity index (χ0v) is 45.2. The molecule has 0 amide bonds. The van der Waals surface area contributed by atoms with E-state index < -0.39 is 0 Å². The van der Waals surface area contributed by atoms with Crippen LogP contribution >= 0.6 is 0 Å². The Hall–Kier alpha value is -6.13. The molecule has 359 valence electrons. The fourth-order valence-corrected chi connectivity index (χ4v) is 13.5. The van der Waals surface area contributed by atoms with Gasteiger partial charge in [0, 0.05) is 0 Å². The summed E-state index contributed by atoms with van der Waals surface area (Å²) in [5, 5.41) is 11.2. The predicted octanol–water partition coefficient (Wildman–Crippen LogP) is 19.0. The molecule has 0 fully saturated rings. The Balaban J connectivity index is 0.000000162. The second kappa shape index (κ2) is 18.8. The summed E-state index contributed by atoms with van der Waals surface area (Å²) in [6, 6.07) is 35.8. The van der Waals surface area contributed by atoms with Crippen LogP contribution in [0.4, 0.5) is 22.7 Å². The third-order valence-electron chi connectivity index (χ3n) is 17.5. The summed E-state index contributed by atoms with van der Waals surface area (Å²) in [5.41, 5.74) is 44.6. The number of rotatable bonds is 8. The van der Waals surface area contributed by atoms with Crippen LogP contribution < -0.4 is 0 Å². The van der Waals surface area contributed by atoms with E-state index in [2.05, 4.69) is 180 Å². The first-order valence-corrected chi connectivity index (χ1v) is 26.3. The number of benzene rings is 8. The van der Waals surface area contributed by atoms with Crippen molar-refractivity contribution < 1.29 is 16.8 Å². The standard InChI is InChI=1S/2C34H34N.Co/c2*1-7-25-19(3)21(5)33(29-17-23-13-9-11-15-27(23)31(25)29)35-34-22(6)20(4)26(8-2)32-28-16-12-10-14-24(28)18-30(32)34;/h2*9-16H,7-8,17-18H2,1-6H3;/q2*-1;+2. The maximum Gasteiger partial charge on any atom is 2.00 e. The van der Waals surface area contributed by atoms with Crippen molar-refractivity contribution in [1.82, 2.24) is 0 Å². The normalized spacial score (nSPS) is 12.7. The summed E-state index contributed by atoms with van der Waals surface area (Å²) in [6.45, 7) is 27.5. The van der Waals surface area contributed by atoms with Crippen molar-refractivity contribution in [2.75, 3.05) is 0 Å². The number of hydrogen-bond donors (Lipinski definition) is 0. The van der Waals surface area contributed by atoms with Crippen molar-refractivity contribution in [2.45, 2.75) is 134 Å². The average molecular weight is 972 g/mol. The summed E-state index contributed by atoms with van der Waals surface area (Å²) >= 11 is 0. The molecule has 0 atom stereocenters. The van der Waals surface area contributed by atoms with Gasteiger partial charge in [0.1, 0.15) is 0 Å². The minimum Gasteiger partial charge on any atom is -0.657 e. The zero-order chi connectivity index (χ0) is 48.9. The van der Waals surface area contributed by atoms with Crippen molar-refractivity contribution in [1.29, 1.82) is 0 Å². The fourth-order valence-electron chi connectivity index (χ4n) is 13.5. The van der Waals surface area contributed by atoms with Crippen LogP contribution in [-0.2, 0) is 68.1 Å². The Morgan fingerprint density at radius 2 is 0.493 bits per heavy atom. The minimum atomic E-state index is 0. The molecule has 0 bridgehead atoms. The molecule has 0 saturated heterocycles. The molecule has 1 radical (unpaired) electrons. The van der Waals surface area contributed by atoms with Gasteiger partial charge in [-0.05, 0) is 240 Å². The van der Waals surface area contributed by atoms with E-state index in [0.29, 0.717) is 0 Å². The van der Waals surface area contributed by atoms with Crippen LogP contribution in [-0.4, -0.2) is 0 Å². The Kier molecular flexibility index (Phi) is 12.8. The first-order valence-electron chi connectivity index (χ1n) is 26.3. The molecule has 4 aliphatic rings. The van der Waals surface area contributed by atoms with E-state index in [1.807, 2.05) is 0 Å². The van der Waals surface area contributed by atoms with Crippen molar-refractivity contribution in [3.63, 3.8) is 0 Å². The SMILES string of the molecule is CCc1c(C)c(C)c([N-]c2c(C)c(C)c(CC)c3c2Cc2ccccc2-3)c2c1-c1ccccc1C2.CCc1c(C)c(C)c([N-]c2c(C)c(C)c(CC)c3c2Cc2ccccc2-3)c2c1-c1ccccc1C2.[Co+2]. The smallest absolute Gasteiger partial charge is 0.657 e. The van der Waals surface area contributed by atoms with E-state index >= 15 is 0 Å². The molecular formula is C68H68CoN2. The summed E-state index contributed by atoms with van der Waals surface area (Å²) in [4.78, 5) is 0. The molecule has 0 aromatic heterocycles. The number of fused-ring (bicyclic) bond motifs is 12. The molecule has 8 aromatic carbocycles. The van der Waals surface area contributed by atoms with Crippen molar-refractivity contribution >= 4 is 22.7 Å². The van der Waals surface area contributed by atoms with E-state index in [-0.39, 0.29) is 16.8 Å². The second-order valence-corrected chi connectivity index (χ2v) is 20.7. The molecule has 71 heavy (non-hydrogen) atoms. The van der Waals surface area contributed by atoms with Crippen LogP contribution in [0.15, 0.2) is 97.1 Å². The van der Waals surface area contributed by atoms with E-state index in [1.54, 1.807) is 0 Å². The molecule has 4 aliphatic carbocycles. The maximum atomic E-state index is 5.62. The number of nitrogens with zero attached hydrogens (tertiary/aromatic N) is 2. The molecule has 8 aromatic rings. The summed E-state index contributed by atoms with van der Waals surface area (Å²) in [5.74, 6) is 0. The van der Waals surface area contributed by atoms with Gasteiger partial charge >= 0.3 is 16.8 Å². The quantitative estimate of drug-likeness (QED) is 0.145. The Bertz CT molecular complexity index is 3050. The van der Waals surface area contributed by atoms with E-state index in [9.17, 15) is 0 Å². The van der Waals surface area contributed by atoms with E-state index in [4.69, 9.17) is 10.6 Å². The van der Waals surface area contributed by atoms with Gasteiger partial charge in [-0.2, -0.15) is 0 Å². The largest absolute Gasteiger partial charge is 2.00 e. The van der Waals surface area contributed by atoms with Crippen molar-refractivity contribution in [3.8, 4) is 44.5 Å². The molecule has 0 aliphatic heterocycles. The zero-order valence-electron chi connectivity index (χ0n) is 44.1.